The normalized spacial score (nSPS) is 40.9. The standard InChI is InChI=1S/C6H11NO/c1-5-2-8-6(5)3-7-4-6/h5,7H,2-4H2,1H3. The van der Waals surface area contributed by atoms with E-state index in [-0.39, 0.29) is 0 Å². The van der Waals surface area contributed by atoms with Crippen molar-refractivity contribution in [2.45, 2.75) is 12.5 Å². The zero-order chi connectivity index (χ0) is 5.61. The van der Waals surface area contributed by atoms with Crippen LogP contribution in [0.15, 0.2) is 0 Å². The molecule has 0 bridgehead atoms. The smallest absolute Gasteiger partial charge is 0.0977 e. The Morgan fingerprint density at radius 1 is 1.62 bits per heavy atom. The highest BCUT2D eigenvalue weighted by atomic mass is 16.5. The summed E-state index contributed by atoms with van der Waals surface area (Å²) in [5.41, 5.74) is 0.292. The van der Waals surface area contributed by atoms with Crippen LogP contribution in [0.2, 0.25) is 0 Å². The van der Waals surface area contributed by atoms with Gasteiger partial charge >= 0.3 is 0 Å². The minimum absolute atomic E-state index is 0.292. The number of hydrogen-bond donors (Lipinski definition) is 1. The molecule has 2 saturated heterocycles. The van der Waals surface area contributed by atoms with Gasteiger partial charge in [0.1, 0.15) is 0 Å². The van der Waals surface area contributed by atoms with E-state index in [9.17, 15) is 0 Å². The summed E-state index contributed by atoms with van der Waals surface area (Å²) < 4.78 is 5.40. The van der Waals surface area contributed by atoms with Crippen molar-refractivity contribution in [2.75, 3.05) is 19.7 Å². The Morgan fingerprint density at radius 3 is 2.38 bits per heavy atom. The summed E-state index contributed by atoms with van der Waals surface area (Å²) in [5.74, 6) is 0.795. The van der Waals surface area contributed by atoms with Gasteiger partial charge in [0.2, 0.25) is 0 Å². The van der Waals surface area contributed by atoms with E-state index >= 15 is 0 Å². The van der Waals surface area contributed by atoms with Gasteiger partial charge in [-0.15, -0.1) is 0 Å². The lowest BCUT2D eigenvalue weighted by Gasteiger charge is -2.54. The molecule has 46 valence electrons. The molecule has 0 aromatic rings. The highest BCUT2D eigenvalue weighted by Gasteiger charge is 2.50. The van der Waals surface area contributed by atoms with Crippen molar-refractivity contribution in [1.29, 1.82) is 0 Å². The van der Waals surface area contributed by atoms with Gasteiger partial charge in [-0.1, -0.05) is 6.92 Å². The molecule has 1 N–H and O–H groups in total. The summed E-state index contributed by atoms with van der Waals surface area (Å²) in [7, 11) is 0. The van der Waals surface area contributed by atoms with Gasteiger partial charge in [-0.3, -0.25) is 0 Å². The van der Waals surface area contributed by atoms with Crippen LogP contribution in [0.3, 0.4) is 0 Å². The zero-order valence-corrected chi connectivity index (χ0v) is 5.11. The molecule has 1 atom stereocenters. The molecule has 2 aliphatic rings. The number of ether oxygens (including phenoxy) is 1. The molecule has 0 amide bonds. The SMILES string of the molecule is CC1COC12CNC2. The minimum Gasteiger partial charge on any atom is -0.372 e. The van der Waals surface area contributed by atoms with Crippen molar-refractivity contribution in [1.82, 2.24) is 5.32 Å². The van der Waals surface area contributed by atoms with Gasteiger partial charge in [0.05, 0.1) is 12.2 Å². The molecule has 2 nitrogen and oxygen atoms in total. The third-order valence-electron chi connectivity index (χ3n) is 2.37. The Labute approximate surface area is 49.2 Å². The second-order valence-corrected chi connectivity index (χ2v) is 2.88. The van der Waals surface area contributed by atoms with Gasteiger partial charge in [-0.2, -0.15) is 0 Å². The van der Waals surface area contributed by atoms with Crippen LogP contribution in [0.5, 0.6) is 0 Å². The summed E-state index contributed by atoms with van der Waals surface area (Å²) in [6.45, 7) is 5.38. The van der Waals surface area contributed by atoms with Gasteiger partial charge in [0.25, 0.3) is 0 Å². The molecule has 1 unspecified atom stereocenters. The molecule has 0 aromatic carbocycles. The second kappa shape index (κ2) is 1.25. The maximum atomic E-state index is 5.40. The Balaban J connectivity index is 2.03. The van der Waals surface area contributed by atoms with Crippen LogP contribution in [-0.4, -0.2) is 25.3 Å². The molecular formula is C6H11NO. The van der Waals surface area contributed by atoms with Gasteiger partial charge < -0.3 is 10.1 Å². The van der Waals surface area contributed by atoms with E-state index in [4.69, 9.17) is 4.74 Å². The van der Waals surface area contributed by atoms with Crippen molar-refractivity contribution in [2.24, 2.45) is 5.92 Å². The van der Waals surface area contributed by atoms with Crippen LogP contribution in [0.4, 0.5) is 0 Å². The average molecular weight is 113 g/mol. The third kappa shape index (κ3) is 0.361. The van der Waals surface area contributed by atoms with Crippen molar-refractivity contribution >= 4 is 0 Å². The molecule has 8 heavy (non-hydrogen) atoms. The summed E-state index contributed by atoms with van der Waals surface area (Å²) in [5, 5.41) is 3.21. The maximum Gasteiger partial charge on any atom is 0.0977 e. The average Bonchev–Trinajstić information content (AvgIpc) is 1.58. The first-order valence-corrected chi connectivity index (χ1v) is 3.18. The molecule has 2 fully saturated rings. The lowest BCUT2D eigenvalue weighted by atomic mass is 9.79. The zero-order valence-electron chi connectivity index (χ0n) is 5.11. The van der Waals surface area contributed by atoms with Gasteiger partial charge in [0, 0.05) is 19.0 Å². The highest BCUT2D eigenvalue weighted by Crippen LogP contribution is 2.35. The number of rotatable bonds is 0. The number of nitrogens with one attached hydrogen (secondary N) is 1. The Bertz CT molecular complexity index is 104. The molecule has 2 heteroatoms. The fraction of sp³-hybridized carbons (Fsp3) is 1.00. The van der Waals surface area contributed by atoms with Gasteiger partial charge in [0.15, 0.2) is 0 Å². The third-order valence-corrected chi connectivity index (χ3v) is 2.37. The molecule has 0 saturated carbocycles. The monoisotopic (exact) mass is 113 g/mol. The van der Waals surface area contributed by atoms with Crippen molar-refractivity contribution in [3.8, 4) is 0 Å². The first-order valence-electron chi connectivity index (χ1n) is 3.18. The van der Waals surface area contributed by atoms with Gasteiger partial charge in [-0.05, 0) is 0 Å². The van der Waals surface area contributed by atoms with Crippen LogP contribution in [0, 0.1) is 5.92 Å². The van der Waals surface area contributed by atoms with E-state index in [0.29, 0.717) is 5.60 Å². The quantitative estimate of drug-likeness (QED) is 0.477. The largest absolute Gasteiger partial charge is 0.372 e. The summed E-state index contributed by atoms with van der Waals surface area (Å²) in [6.07, 6.45) is 0. The maximum absolute atomic E-state index is 5.40. The molecule has 2 rings (SSSR count). The van der Waals surface area contributed by atoms with Crippen molar-refractivity contribution < 1.29 is 4.74 Å². The van der Waals surface area contributed by atoms with Crippen LogP contribution >= 0.6 is 0 Å². The molecule has 2 aliphatic heterocycles. The first kappa shape index (κ1) is 4.77. The lowest BCUT2D eigenvalue weighted by Crippen LogP contribution is -2.71. The van der Waals surface area contributed by atoms with Crippen LogP contribution in [0.25, 0.3) is 0 Å². The molecule has 0 aliphatic carbocycles. The van der Waals surface area contributed by atoms with E-state index in [1.54, 1.807) is 0 Å². The predicted octanol–water partition coefficient (Wildman–Crippen LogP) is -0.00530. The lowest BCUT2D eigenvalue weighted by molar-refractivity contribution is -0.220. The predicted molar refractivity (Wildman–Crippen MR) is 30.7 cm³/mol. The van der Waals surface area contributed by atoms with Crippen LogP contribution in [-0.2, 0) is 4.74 Å². The molecule has 1 spiro atoms. The van der Waals surface area contributed by atoms with E-state index < -0.39 is 0 Å². The van der Waals surface area contributed by atoms with Crippen LogP contribution in [0.1, 0.15) is 6.92 Å². The topological polar surface area (TPSA) is 21.3 Å². The molecular weight excluding hydrogens is 102 g/mol. The van der Waals surface area contributed by atoms with E-state index in [1.165, 1.54) is 0 Å². The minimum atomic E-state index is 0.292. The molecule has 0 radical (unpaired) electrons. The fourth-order valence-corrected chi connectivity index (χ4v) is 1.31. The van der Waals surface area contributed by atoms with Crippen LogP contribution < -0.4 is 5.32 Å². The summed E-state index contributed by atoms with van der Waals surface area (Å²) in [4.78, 5) is 0. The Morgan fingerprint density at radius 2 is 2.38 bits per heavy atom. The van der Waals surface area contributed by atoms with Gasteiger partial charge in [-0.25, -0.2) is 0 Å². The van der Waals surface area contributed by atoms with E-state index in [1.807, 2.05) is 0 Å². The van der Waals surface area contributed by atoms with E-state index in [0.717, 1.165) is 25.6 Å². The van der Waals surface area contributed by atoms with Crippen molar-refractivity contribution in [3.05, 3.63) is 0 Å². The molecule has 0 aromatic heterocycles. The highest BCUT2D eigenvalue weighted by molar-refractivity contribution is 5.03. The number of hydrogen-bond acceptors (Lipinski definition) is 2. The molecule has 2 heterocycles. The fourth-order valence-electron chi connectivity index (χ4n) is 1.31. The van der Waals surface area contributed by atoms with Crippen molar-refractivity contribution in [3.63, 3.8) is 0 Å². The Hall–Kier alpha value is -0.0800. The second-order valence-electron chi connectivity index (χ2n) is 2.88. The summed E-state index contributed by atoms with van der Waals surface area (Å²) >= 11 is 0. The Kier molecular flexibility index (Phi) is 0.746. The first-order chi connectivity index (χ1) is 3.83. The van der Waals surface area contributed by atoms with E-state index in [2.05, 4.69) is 12.2 Å². The summed E-state index contributed by atoms with van der Waals surface area (Å²) in [6, 6.07) is 0.